The van der Waals surface area contributed by atoms with Crippen LogP contribution in [0.3, 0.4) is 0 Å². The van der Waals surface area contributed by atoms with E-state index in [4.69, 9.17) is 10.8 Å². The Kier molecular flexibility index (Phi) is 6.84. The molecule has 2 heterocycles. The second kappa shape index (κ2) is 9.53. The first kappa shape index (κ1) is 20.8. The van der Waals surface area contributed by atoms with Crippen LogP contribution in [-0.4, -0.2) is 42.5 Å². The largest absolute Gasteiger partial charge is 0.353 e. The summed E-state index contributed by atoms with van der Waals surface area (Å²) in [5, 5.41) is 21.2. The van der Waals surface area contributed by atoms with Gasteiger partial charge < -0.3 is 4.90 Å². The Balaban J connectivity index is 2.08. The van der Waals surface area contributed by atoms with Gasteiger partial charge in [0.2, 0.25) is 6.29 Å². The summed E-state index contributed by atoms with van der Waals surface area (Å²) in [6.07, 6.45) is 2.57. The number of carbonyl (C=O) groups excluding carboxylic acids is 1. The molecule has 7 nitrogen and oxygen atoms in total. The van der Waals surface area contributed by atoms with Gasteiger partial charge in [0.25, 0.3) is 0 Å². The molecule has 1 fully saturated rings. The van der Waals surface area contributed by atoms with E-state index in [0.29, 0.717) is 60.1 Å². The van der Waals surface area contributed by atoms with Crippen molar-refractivity contribution < 1.29 is 4.79 Å². The zero-order valence-electron chi connectivity index (χ0n) is 16.1. The number of nitrogens with two attached hydrogens (primary N) is 1. The van der Waals surface area contributed by atoms with Crippen LogP contribution in [0.15, 0.2) is 35.4 Å². The van der Waals surface area contributed by atoms with Crippen molar-refractivity contribution in [2.45, 2.75) is 23.6 Å². The third-order valence-electron chi connectivity index (χ3n) is 4.88. The summed E-state index contributed by atoms with van der Waals surface area (Å²) in [4.78, 5) is 18.4. The monoisotopic (exact) mass is 405 g/mol. The number of piperazine rings is 1. The quantitative estimate of drug-likeness (QED) is 0.576. The lowest BCUT2D eigenvalue weighted by Gasteiger charge is -2.34. The highest BCUT2D eigenvalue weighted by Crippen LogP contribution is 2.38. The van der Waals surface area contributed by atoms with Crippen molar-refractivity contribution in [3.63, 3.8) is 0 Å². The molecule has 3 rings (SSSR count). The number of rotatable bonds is 6. The molecule has 1 aliphatic heterocycles. The Labute approximate surface area is 174 Å². The van der Waals surface area contributed by atoms with Crippen molar-refractivity contribution in [2.24, 2.45) is 5.84 Å². The van der Waals surface area contributed by atoms with E-state index in [2.05, 4.69) is 18.4 Å². The normalized spacial score (nSPS) is 15.4. The van der Waals surface area contributed by atoms with E-state index < -0.39 is 5.25 Å². The molecule has 0 spiro atoms. The fourth-order valence-electron chi connectivity index (χ4n) is 3.33. The van der Waals surface area contributed by atoms with E-state index in [1.807, 2.05) is 42.2 Å². The Morgan fingerprint density at radius 2 is 1.79 bits per heavy atom. The second-order valence-corrected chi connectivity index (χ2v) is 7.69. The van der Waals surface area contributed by atoms with Crippen molar-refractivity contribution in [2.75, 3.05) is 31.1 Å². The van der Waals surface area contributed by atoms with Crippen molar-refractivity contribution in [1.29, 1.82) is 10.5 Å². The van der Waals surface area contributed by atoms with Gasteiger partial charge in [0.05, 0.1) is 11.1 Å². The molecule has 0 amide bonds. The van der Waals surface area contributed by atoms with Crippen molar-refractivity contribution >= 4 is 23.9 Å². The summed E-state index contributed by atoms with van der Waals surface area (Å²) < 4.78 is 0. The van der Waals surface area contributed by atoms with Crippen LogP contribution in [0.5, 0.6) is 0 Å². The Bertz CT molecular complexity index is 958. The van der Waals surface area contributed by atoms with Crippen molar-refractivity contribution in [3.8, 4) is 12.1 Å². The highest BCUT2D eigenvalue weighted by molar-refractivity contribution is 8.00. The van der Waals surface area contributed by atoms with E-state index in [9.17, 15) is 15.3 Å². The van der Waals surface area contributed by atoms with Crippen LogP contribution in [0.1, 0.15) is 34.4 Å². The van der Waals surface area contributed by atoms with Gasteiger partial charge in [-0.15, -0.1) is 0 Å². The topological polar surface area (TPSA) is 110 Å². The van der Waals surface area contributed by atoms with Crippen LogP contribution in [0.25, 0.3) is 0 Å². The van der Waals surface area contributed by atoms with E-state index in [1.165, 1.54) is 11.8 Å². The van der Waals surface area contributed by atoms with Crippen LogP contribution in [0.4, 0.5) is 5.82 Å². The Hall–Kier alpha value is -2.91. The van der Waals surface area contributed by atoms with E-state index in [-0.39, 0.29) is 0 Å². The minimum Gasteiger partial charge on any atom is -0.353 e. The molecule has 0 saturated carbocycles. The standard InChI is InChI=1S/C21H21N6OS/c1-2-16-17(12-22)20(26-8-10-27(24)11-9-26)25-21(18(16)13-23)29-19(14-28)15-6-4-3-5-7-15/h3-7,19H,2,8-11,24H2,1H3. The Morgan fingerprint density at radius 1 is 1.14 bits per heavy atom. The number of aromatic nitrogens is 1. The number of benzene rings is 1. The molecule has 147 valence electrons. The van der Waals surface area contributed by atoms with Gasteiger partial charge in [0.15, 0.2) is 0 Å². The minimum atomic E-state index is -0.609. The summed E-state index contributed by atoms with van der Waals surface area (Å²) in [5.41, 5.74) is 2.23. The number of hydrazine groups is 1. The molecular weight excluding hydrogens is 384 g/mol. The van der Waals surface area contributed by atoms with Crippen molar-refractivity contribution in [1.82, 2.24) is 9.99 Å². The van der Waals surface area contributed by atoms with Gasteiger partial charge in [-0.1, -0.05) is 49.0 Å². The molecule has 2 N–H and O–H groups in total. The van der Waals surface area contributed by atoms with Gasteiger partial charge in [0.1, 0.15) is 28.2 Å². The van der Waals surface area contributed by atoms with Gasteiger partial charge in [-0.2, -0.15) is 10.5 Å². The molecule has 1 radical (unpaired) electrons. The fourth-order valence-corrected chi connectivity index (χ4v) is 4.32. The van der Waals surface area contributed by atoms with E-state index >= 15 is 0 Å². The summed E-state index contributed by atoms with van der Waals surface area (Å²) in [6, 6.07) is 13.7. The lowest BCUT2D eigenvalue weighted by atomic mass is 10.0. The molecule has 1 aromatic heterocycles. The minimum absolute atomic E-state index is 0.353. The zero-order valence-corrected chi connectivity index (χ0v) is 16.9. The summed E-state index contributed by atoms with van der Waals surface area (Å²) in [7, 11) is 0. The first-order chi connectivity index (χ1) is 14.1. The molecular formula is C21H21N6OS. The fraction of sp³-hybridized carbons (Fsp3) is 0.333. The molecule has 1 atom stereocenters. The van der Waals surface area contributed by atoms with E-state index in [1.54, 1.807) is 5.01 Å². The molecule has 0 aliphatic carbocycles. The first-order valence-electron chi connectivity index (χ1n) is 9.33. The molecule has 29 heavy (non-hydrogen) atoms. The zero-order chi connectivity index (χ0) is 20.8. The number of nitriles is 2. The van der Waals surface area contributed by atoms with Gasteiger partial charge in [-0.3, -0.25) is 10.6 Å². The summed E-state index contributed by atoms with van der Waals surface area (Å²) in [5.74, 6) is 6.41. The number of nitrogens with zero attached hydrogens (tertiary/aromatic N) is 5. The lowest BCUT2D eigenvalue weighted by molar-refractivity contribution is 0.265. The molecule has 1 unspecified atom stereocenters. The van der Waals surface area contributed by atoms with Crippen LogP contribution < -0.4 is 10.7 Å². The number of hydrogen-bond donors (Lipinski definition) is 1. The molecule has 8 heteroatoms. The highest BCUT2D eigenvalue weighted by Gasteiger charge is 2.26. The maximum atomic E-state index is 11.7. The predicted octanol–water partition coefficient (Wildman–Crippen LogP) is 2.33. The number of thioether (sulfide) groups is 1. The molecule has 2 aromatic rings. The first-order valence-corrected chi connectivity index (χ1v) is 10.2. The molecule has 0 bridgehead atoms. The maximum absolute atomic E-state index is 11.7. The molecule has 1 aromatic carbocycles. The lowest BCUT2D eigenvalue weighted by Crippen LogP contribution is -2.50. The molecule has 1 aliphatic rings. The Morgan fingerprint density at radius 3 is 2.34 bits per heavy atom. The van der Waals surface area contributed by atoms with Crippen LogP contribution in [0, 0.1) is 22.7 Å². The second-order valence-electron chi connectivity index (χ2n) is 6.60. The van der Waals surface area contributed by atoms with Gasteiger partial charge in [0, 0.05) is 26.2 Å². The summed E-state index contributed by atoms with van der Waals surface area (Å²) in [6.45, 7) is 4.50. The third-order valence-corrected chi connectivity index (χ3v) is 6.00. The number of hydrogen-bond acceptors (Lipinski definition) is 8. The van der Waals surface area contributed by atoms with E-state index in [0.717, 1.165) is 5.56 Å². The predicted molar refractivity (Wildman–Crippen MR) is 112 cm³/mol. The van der Waals surface area contributed by atoms with Gasteiger partial charge >= 0.3 is 0 Å². The average molecular weight is 406 g/mol. The maximum Gasteiger partial charge on any atom is 0.217 e. The summed E-state index contributed by atoms with van der Waals surface area (Å²) >= 11 is 1.19. The smallest absolute Gasteiger partial charge is 0.217 e. The number of pyridine rings is 1. The van der Waals surface area contributed by atoms with Crippen LogP contribution >= 0.6 is 11.8 Å². The third kappa shape index (κ3) is 4.41. The highest BCUT2D eigenvalue weighted by atomic mass is 32.2. The van der Waals surface area contributed by atoms with Crippen molar-refractivity contribution in [3.05, 3.63) is 52.6 Å². The number of anilines is 1. The van der Waals surface area contributed by atoms with Crippen LogP contribution in [0.2, 0.25) is 0 Å². The van der Waals surface area contributed by atoms with Gasteiger partial charge in [-0.25, -0.2) is 9.99 Å². The molecule has 1 saturated heterocycles. The van der Waals surface area contributed by atoms with Crippen LogP contribution in [-0.2, 0) is 11.2 Å². The van der Waals surface area contributed by atoms with Gasteiger partial charge in [-0.05, 0) is 17.5 Å². The SMILES string of the molecule is CCc1c(C#N)c(SC([C]=O)c2ccccc2)nc(N2CCN(N)CC2)c1C#N. The average Bonchev–Trinajstić information content (AvgIpc) is 2.77.